The largest absolute Gasteiger partial charge is 0.0591 e. The van der Waals surface area contributed by atoms with Gasteiger partial charge >= 0.3 is 0 Å². The Morgan fingerprint density at radius 3 is 1.08 bits per heavy atom. The zero-order valence-corrected chi connectivity index (χ0v) is 8.66. The van der Waals surface area contributed by atoms with Crippen LogP contribution in [-0.2, 0) is 0 Å². The summed E-state index contributed by atoms with van der Waals surface area (Å²) in [6.45, 7) is 5.09. The van der Waals surface area contributed by atoms with Gasteiger partial charge in [0.2, 0.25) is 0 Å². The van der Waals surface area contributed by atoms with E-state index in [1.165, 1.54) is 51.4 Å². The zero-order valence-electron chi connectivity index (χ0n) is 8.66. The fraction of sp³-hybridized carbons (Fsp3) is 1.00. The number of hydrogen-bond donors (Lipinski definition) is 0. The van der Waals surface area contributed by atoms with Crippen LogP contribution in [0.25, 0.3) is 0 Å². The molecule has 0 unspecified atom stereocenters. The Kier molecular flexibility index (Phi) is 1.97. The molecule has 0 aromatic carbocycles. The molecule has 0 saturated heterocycles. The Morgan fingerprint density at radius 1 is 0.583 bits per heavy atom. The van der Waals surface area contributed by atoms with Gasteiger partial charge in [-0.1, -0.05) is 39.5 Å². The Balaban J connectivity index is 2.14. The molecule has 0 aromatic heterocycles. The molecule has 0 heterocycles. The van der Waals surface area contributed by atoms with E-state index in [9.17, 15) is 0 Å². The third-order valence-corrected chi connectivity index (χ3v) is 4.87. The number of rotatable bonds is 1. The van der Waals surface area contributed by atoms with Crippen molar-refractivity contribution in [2.45, 2.75) is 65.2 Å². The Hall–Kier alpha value is 0. The summed E-state index contributed by atoms with van der Waals surface area (Å²) in [5.74, 6) is 0. The van der Waals surface area contributed by atoms with E-state index in [0.29, 0.717) is 10.8 Å². The van der Waals surface area contributed by atoms with E-state index in [1.54, 1.807) is 0 Å². The average molecular weight is 166 g/mol. The summed E-state index contributed by atoms with van der Waals surface area (Å²) in [4.78, 5) is 0. The van der Waals surface area contributed by atoms with Crippen LogP contribution in [0.15, 0.2) is 0 Å². The van der Waals surface area contributed by atoms with Crippen LogP contribution in [0, 0.1) is 10.8 Å². The van der Waals surface area contributed by atoms with Gasteiger partial charge in [-0.2, -0.15) is 0 Å². The van der Waals surface area contributed by atoms with Crippen molar-refractivity contribution in [3.05, 3.63) is 0 Å². The SMILES string of the molecule is CC1(C2(C)CCCC2)CCCC1. The summed E-state index contributed by atoms with van der Waals surface area (Å²) >= 11 is 0. The highest BCUT2D eigenvalue weighted by atomic mass is 14.5. The second kappa shape index (κ2) is 2.75. The molecule has 2 fully saturated rings. The first-order valence-corrected chi connectivity index (χ1v) is 5.66. The molecule has 12 heavy (non-hydrogen) atoms. The maximum Gasteiger partial charge on any atom is -0.0272 e. The predicted molar refractivity (Wildman–Crippen MR) is 53.2 cm³/mol. The van der Waals surface area contributed by atoms with Crippen LogP contribution >= 0.6 is 0 Å². The van der Waals surface area contributed by atoms with Gasteiger partial charge in [-0.05, 0) is 36.5 Å². The van der Waals surface area contributed by atoms with E-state index in [4.69, 9.17) is 0 Å². The monoisotopic (exact) mass is 166 g/mol. The molecule has 70 valence electrons. The van der Waals surface area contributed by atoms with Gasteiger partial charge in [-0.3, -0.25) is 0 Å². The lowest BCUT2D eigenvalue weighted by atomic mass is 9.63. The molecule has 0 aliphatic heterocycles. The molecule has 2 aliphatic carbocycles. The Labute approximate surface area is 76.7 Å². The molecule has 0 amide bonds. The quantitative estimate of drug-likeness (QED) is 0.549. The van der Waals surface area contributed by atoms with E-state index in [0.717, 1.165) is 0 Å². The average Bonchev–Trinajstić information content (AvgIpc) is 2.60. The summed E-state index contributed by atoms with van der Waals surface area (Å²) in [5, 5.41) is 0. The third-order valence-electron chi connectivity index (χ3n) is 4.87. The first kappa shape index (κ1) is 8.59. The van der Waals surface area contributed by atoms with Crippen LogP contribution in [0.5, 0.6) is 0 Å². The van der Waals surface area contributed by atoms with Crippen molar-refractivity contribution in [1.29, 1.82) is 0 Å². The van der Waals surface area contributed by atoms with Crippen molar-refractivity contribution in [3.8, 4) is 0 Å². The normalized spacial score (nSPS) is 32.5. The molecule has 0 spiro atoms. The van der Waals surface area contributed by atoms with Crippen LogP contribution in [-0.4, -0.2) is 0 Å². The molecule has 0 radical (unpaired) electrons. The summed E-state index contributed by atoms with van der Waals surface area (Å²) in [6, 6.07) is 0. The lowest BCUT2D eigenvalue weighted by molar-refractivity contribution is 0.0824. The highest BCUT2D eigenvalue weighted by Gasteiger charge is 2.46. The molecule has 0 bridgehead atoms. The van der Waals surface area contributed by atoms with Crippen molar-refractivity contribution in [2.24, 2.45) is 10.8 Å². The van der Waals surface area contributed by atoms with Gasteiger partial charge < -0.3 is 0 Å². The maximum absolute atomic E-state index is 2.55. The first-order chi connectivity index (χ1) is 5.66. The van der Waals surface area contributed by atoms with Crippen LogP contribution < -0.4 is 0 Å². The third kappa shape index (κ3) is 1.11. The van der Waals surface area contributed by atoms with Gasteiger partial charge in [0, 0.05) is 0 Å². The molecule has 2 rings (SSSR count). The lowest BCUT2D eigenvalue weighted by Gasteiger charge is -2.42. The lowest BCUT2D eigenvalue weighted by Crippen LogP contribution is -2.32. The van der Waals surface area contributed by atoms with E-state index in [-0.39, 0.29) is 0 Å². The summed E-state index contributed by atoms with van der Waals surface area (Å²) in [7, 11) is 0. The molecule has 0 N–H and O–H groups in total. The van der Waals surface area contributed by atoms with E-state index in [1.807, 2.05) is 0 Å². The van der Waals surface area contributed by atoms with E-state index >= 15 is 0 Å². The molecular formula is C12H22. The van der Waals surface area contributed by atoms with Gasteiger partial charge in [0.15, 0.2) is 0 Å². The molecule has 0 nitrogen and oxygen atoms in total. The van der Waals surface area contributed by atoms with Crippen molar-refractivity contribution < 1.29 is 0 Å². The molecule has 0 heteroatoms. The second-order valence-electron chi connectivity index (χ2n) is 5.54. The van der Waals surface area contributed by atoms with E-state index < -0.39 is 0 Å². The van der Waals surface area contributed by atoms with Crippen LogP contribution in [0.2, 0.25) is 0 Å². The second-order valence-corrected chi connectivity index (χ2v) is 5.54. The molecule has 0 atom stereocenters. The maximum atomic E-state index is 2.55. The minimum absolute atomic E-state index is 0.712. The minimum Gasteiger partial charge on any atom is -0.0591 e. The minimum atomic E-state index is 0.712. The van der Waals surface area contributed by atoms with Gasteiger partial charge in [-0.15, -0.1) is 0 Å². The molecular weight excluding hydrogens is 144 g/mol. The summed E-state index contributed by atoms with van der Waals surface area (Å²) in [5.41, 5.74) is 1.42. The van der Waals surface area contributed by atoms with Gasteiger partial charge in [0.1, 0.15) is 0 Å². The molecule has 2 saturated carbocycles. The molecule has 0 aromatic rings. The van der Waals surface area contributed by atoms with Crippen molar-refractivity contribution >= 4 is 0 Å². The predicted octanol–water partition coefficient (Wildman–Crippen LogP) is 4.15. The fourth-order valence-electron chi connectivity index (χ4n) is 3.52. The summed E-state index contributed by atoms with van der Waals surface area (Å²) < 4.78 is 0. The van der Waals surface area contributed by atoms with Gasteiger partial charge in [0.25, 0.3) is 0 Å². The fourth-order valence-corrected chi connectivity index (χ4v) is 3.52. The van der Waals surface area contributed by atoms with Crippen molar-refractivity contribution in [2.75, 3.05) is 0 Å². The van der Waals surface area contributed by atoms with Crippen LogP contribution in [0.1, 0.15) is 65.2 Å². The molecule has 2 aliphatic rings. The highest BCUT2D eigenvalue weighted by molar-refractivity contribution is 4.97. The van der Waals surface area contributed by atoms with Gasteiger partial charge in [0.05, 0.1) is 0 Å². The van der Waals surface area contributed by atoms with Crippen LogP contribution in [0.3, 0.4) is 0 Å². The standard InChI is InChI=1S/C12H22/c1-11(7-3-4-8-11)12(2)9-5-6-10-12/h3-10H2,1-2H3. The van der Waals surface area contributed by atoms with Crippen molar-refractivity contribution in [3.63, 3.8) is 0 Å². The van der Waals surface area contributed by atoms with E-state index in [2.05, 4.69) is 13.8 Å². The van der Waals surface area contributed by atoms with Gasteiger partial charge in [-0.25, -0.2) is 0 Å². The smallest absolute Gasteiger partial charge is 0.0272 e. The Bertz CT molecular complexity index is 137. The highest BCUT2D eigenvalue weighted by Crippen LogP contribution is 2.58. The van der Waals surface area contributed by atoms with Crippen molar-refractivity contribution in [1.82, 2.24) is 0 Å². The van der Waals surface area contributed by atoms with Crippen LogP contribution in [0.4, 0.5) is 0 Å². The first-order valence-electron chi connectivity index (χ1n) is 5.66. The number of hydrogen-bond acceptors (Lipinski definition) is 0. The summed E-state index contributed by atoms with van der Waals surface area (Å²) in [6.07, 6.45) is 12.0. The topological polar surface area (TPSA) is 0 Å². The zero-order chi connectivity index (χ0) is 8.66. The Morgan fingerprint density at radius 2 is 0.833 bits per heavy atom.